The number of rotatable bonds is 13. The van der Waals surface area contributed by atoms with Gasteiger partial charge < -0.3 is 54.2 Å². The maximum absolute atomic E-state index is 13.0. The minimum atomic E-state index is -5.93. The van der Waals surface area contributed by atoms with Gasteiger partial charge in [0, 0.05) is 20.0 Å². The summed E-state index contributed by atoms with van der Waals surface area (Å²) >= 11 is 0. The number of ether oxygens (including phenoxy) is 5. The minimum Gasteiger partial charge on any atom is -0.386 e. The smallest absolute Gasteiger partial charge is 0.386 e. The van der Waals surface area contributed by atoms with Gasteiger partial charge in [-0.3, -0.25) is 28.2 Å². The summed E-state index contributed by atoms with van der Waals surface area (Å²) in [7, 11) is -14.3. The first-order chi connectivity index (χ1) is 27.3. The molecule has 5 unspecified atom stereocenters. The zero-order valence-corrected chi connectivity index (χ0v) is 33.3. The molecule has 0 aromatic carbocycles. The average Bonchev–Trinajstić information content (AvgIpc) is 3.97. The predicted octanol–water partition coefficient (Wildman–Crippen LogP) is -0.834. The van der Waals surface area contributed by atoms with Gasteiger partial charge >= 0.3 is 29.0 Å². The van der Waals surface area contributed by atoms with E-state index >= 15 is 0 Å². The summed E-state index contributed by atoms with van der Waals surface area (Å²) in [6.45, 7) is -0.171. The van der Waals surface area contributed by atoms with E-state index in [1.54, 1.807) is 7.05 Å². The standard InChI is InChI=1S/C28H38N9O18P3/c1-12-31-21-15(23(39)32-12)30-10-36(21)25-17(38)18(47-3)13(50-25)8-48-56(41,42)54-58(45,46)55-57(43,44)49-9-14-19-20(53-28(52-19)6-4-5-7-28)26(51-14)37-11-35(2)16-22(37)33-27(29)34-24(16)40/h10-11,13-14,17-20,25-26,38H,4-9H2,1-3H3,(H6-,29,31,32,33,34,39,40,41,42,43,44,45,46)/p+1/t13-,14-,17+,18?,19?,20+,25-,26-/m1/s1. The first-order valence-corrected chi connectivity index (χ1v) is 22.0. The van der Waals surface area contributed by atoms with Gasteiger partial charge in [0.05, 0.1) is 26.6 Å². The van der Waals surface area contributed by atoms with Crippen LogP contribution in [0.25, 0.3) is 22.3 Å². The molecule has 8 rings (SSSR count). The highest BCUT2D eigenvalue weighted by atomic mass is 31.3. The number of hydrogen-bond acceptors (Lipinski definition) is 19. The molecule has 1 saturated carbocycles. The van der Waals surface area contributed by atoms with E-state index in [-0.39, 0.29) is 34.1 Å². The van der Waals surface area contributed by atoms with Crippen molar-refractivity contribution in [2.24, 2.45) is 7.05 Å². The van der Waals surface area contributed by atoms with Crippen LogP contribution in [-0.2, 0) is 62.1 Å². The van der Waals surface area contributed by atoms with E-state index in [0.717, 1.165) is 12.8 Å². The number of phosphoric ester groups is 2. The summed E-state index contributed by atoms with van der Waals surface area (Å²) in [6.07, 6.45) is -3.88. The van der Waals surface area contributed by atoms with Crippen molar-refractivity contribution in [2.75, 3.05) is 26.1 Å². The molecule has 4 aromatic rings. The molecule has 4 aromatic heterocycles. The van der Waals surface area contributed by atoms with Crippen molar-refractivity contribution >= 4 is 51.7 Å². The lowest BCUT2D eigenvalue weighted by Gasteiger charge is -2.26. The van der Waals surface area contributed by atoms with Crippen LogP contribution in [0.3, 0.4) is 0 Å². The fraction of sp³-hybridized carbons (Fsp3) is 0.643. The number of aryl methyl sites for hydroxylation is 2. The zero-order valence-electron chi connectivity index (χ0n) is 30.6. The number of fused-ring (bicyclic) bond motifs is 3. The van der Waals surface area contributed by atoms with E-state index in [2.05, 4.69) is 33.5 Å². The second-order valence-electron chi connectivity index (χ2n) is 14.0. The average molecular weight is 883 g/mol. The molecule has 3 aliphatic heterocycles. The molecule has 11 atom stereocenters. The van der Waals surface area contributed by atoms with Crippen molar-refractivity contribution in [1.82, 2.24) is 34.1 Å². The van der Waals surface area contributed by atoms with Crippen LogP contribution in [0.15, 0.2) is 22.2 Å². The van der Waals surface area contributed by atoms with Crippen molar-refractivity contribution in [3.8, 4) is 0 Å². The van der Waals surface area contributed by atoms with E-state index < -0.39 is 103 Å². The van der Waals surface area contributed by atoms with E-state index in [1.165, 1.54) is 40.4 Å². The number of aliphatic hydroxyl groups excluding tert-OH is 1. The highest BCUT2D eigenvalue weighted by Gasteiger charge is 2.62. The number of nitrogen functional groups attached to an aromatic ring is 1. The van der Waals surface area contributed by atoms with Crippen LogP contribution < -0.4 is 21.4 Å². The Morgan fingerprint density at radius 2 is 1.55 bits per heavy atom. The number of imidazole rings is 2. The number of methoxy groups -OCH3 is 1. The van der Waals surface area contributed by atoms with Crippen LogP contribution in [-0.4, -0.2) is 117 Å². The Morgan fingerprint density at radius 1 is 0.914 bits per heavy atom. The molecule has 1 spiro atoms. The molecule has 1 aliphatic carbocycles. The van der Waals surface area contributed by atoms with Crippen molar-refractivity contribution < 1.29 is 79.4 Å². The maximum Gasteiger partial charge on any atom is 0.490 e. The topological polar surface area (TPSA) is 359 Å². The summed E-state index contributed by atoms with van der Waals surface area (Å²) in [5.74, 6) is -0.914. The van der Waals surface area contributed by atoms with Crippen LogP contribution in [0.4, 0.5) is 5.95 Å². The van der Waals surface area contributed by atoms with Gasteiger partial charge in [0.2, 0.25) is 18.5 Å². The van der Waals surface area contributed by atoms with Crippen molar-refractivity contribution in [3.63, 3.8) is 0 Å². The van der Waals surface area contributed by atoms with Crippen molar-refractivity contribution in [1.29, 1.82) is 0 Å². The van der Waals surface area contributed by atoms with Gasteiger partial charge in [-0.05, 0) is 19.8 Å². The normalized spacial score (nSPS) is 31.2. The quantitative estimate of drug-likeness (QED) is 0.0636. The second-order valence-corrected chi connectivity index (χ2v) is 18.6. The fourth-order valence-electron chi connectivity index (χ4n) is 7.72. The molecule has 7 heterocycles. The monoisotopic (exact) mass is 882 g/mol. The fourth-order valence-corrected chi connectivity index (χ4v) is 11.2. The van der Waals surface area contributed by atoms with E-state index in [9.17, 15) is 43.1 Å². The third-order valence-electron chi connectivity index (χ3n) is 10.0. The number of phosphoric acid groups is 3. The van der Waals surface area contributed by atoms with Crippen molar-refractivity contribution in [2.45, 2.75) is 87.5 Å². The third-order valence-corrected chi connectivity index (χ3v) is 14.3. The molecular weight excluding hydrogens is 843 g/mol. The zero-order chi connectivity index (χ0) is 41.5. The van der Waals surface area contributed by atoms with E-state index in [1.807, 2.05) is 0 Å². The molecule has 0 bridgehead atoms. The Balaban J connectivity index is 0.916. The Morgan fingerprint density at radius 3 is 2.22 bits per heavy atom. The van der Waals surface area contributed by atoms with Gasteiger partial charge in [0.1, 0.15) is 36.3 Å². The number of nitrogens with zero attached hydrogens (tertiary/aromatic N) is 6. The highest BCUT2D eigenvalue weighted by Crippen LogP contribution is 2.68. The van der Waals surface area contributed by atoms with Crippen molar-refractivity contribution in [3.05, 3.63) is 39.2 Å². The number of aromatic nitrogens is 8. The molecule has 3 saturated heterocycles. The molecule has 0 amide bonds. The number of nitrogens with one attached hydrogen (secondary N) is 2. The summed E-state index contributed by atoms with van der Waals surface area (Å²) in [5.41, 5.74) is 5.04. The van der Waals surface area contributed by atoms with Crippen LogP contribution in [0.5, 0.6) is 0 Å². The molecule has 0 radical (unpaired) electrons. The summed E-state index contributed by atoms with van der Waals surface area (Å²) in [5, 5.41) is 10.9. The Kier molecular flexibility index (Phi) is 10.7. The van der Waals surface area contributed by atoms with Crippen LogP contribution in [0, 0.1) is 6.92 Å². The number of aromatic amines is 2. The first-order valence-electron chi connectivity index (χ1n) is 17.6. The Hall–Kier alpha value is -3.33. The molecule has 8 N–H and O–H groups in total. The lowest BCUT2D eigenvalue weighted by atomic mass is 10.1. The lowest BCUT2D eigenvalue weighted by Crippen LogP contribution is -2.35. The van der Waals surface area contributed by atoms with Gasteiger partial charge in [0.15, 0.2) is 29.3 Å². The van der Waals surface area contributed by atoms with Crippen LogP contribution >= 0.6 is 23.5 Å². The van der Waals surface area contributed by atoms with Gasteiger partial charge in [-0.25, -0.2) is 28.2 Å². The SMILES string of the molecule is COC1[C@@H](COP(=O)(O)OP(=O)(O)OP(=O)(O)OC[C@H]2O[C@@H](n3c[n+](C)c4c(=O)[nH]c(N)nc43)[C@H]3OC4(CCCC4)OC23)O[C@@H](n2cnc3c(=O)[nH]c(C)nc32)[C@H]1O. The number of nitrogens with two attached hydrogens (primary N) is 1. The lowest BCUT2D eigenvalue weighted by molar-refractivity contribution is -0.646. The molecule has 27 nitrogen and oxygen atoms in total. The Bertz CT molecular complexity index is 2500. The Labute approximate surface area is 324 Å². The first kappa shape index (κ1) is 41.4. The maximum atomic E-state index is 13.0. The second kappa shape index (κ2) is 15.0. The predicted molar refractivity (Wildman–Crippen MR) is 188 cm³/mol. The van der Waals surface area contributed by atoms with Gasteiger partial charge in [-0.1, -0.05) is 0 Å². The minimum absolute atomic E-state index is 0.0530. The largest absolute Gasteiger partial charge is 0.490 e. The number of H-pyrrole nitrogens is 2. The number of aliphatic hydroxyl groups is 1. The number of hydrogen-bond donors (Lipinski definition) is 7. The molecule has 30 heteroatoms. The van der Waals surface area contributed by atoms with Crippen LogP contribution in [0.1, 0.15) is 44.0 Å². The van der Waals surface area contributed by atoms with E-state index in [4.69, 9.17) is 38.5 Å². The summed E-state index contributed by atoms with van der Waals surface area (Å²) in [4.78, 5) is 73.4. The molecule has 318 valence electrons. The summed E-state index contributed by atoms with van der Waals surface area (Å²) < 4.78 is 91.1. The molecule has 4 fully saturated rings. The van der Waals surface area contributed by atoms with E-state index in [0.29, 0.717) is 12.8 Å². The van der Waals surface area contributed by atoms with Crippen LogP contribution in [0.2, 0.25) is 0 Å². The highest BCUT2D eigenvalue weighted by molar-refractivity contribution is 7.66. The molecule has 58 heavy (non-hydrogen) atoms. The molecule has 4 aliphatic rings. The summed E-state index contributed by atoms with van der Waals surface area (Å²) in [6, 6.07) is 0. The number of anilines is 1. The van der Waals surface area contributed by atoms with Gasteiger partial charge in [-0.2, -0.15) is 18.2 Å². The van der Waals surface area contributed by atoms with Gasteiger partial charge in [-0.15, -0.1) is 0 Å². The van der Waals surface area contributed by atoms with Gasteiger partial charge in [0.25, 0.3) is 16.7 Å². The third kappa shape index (κ3) is 7.75. The molecular formula is C28H39N9O18P3+.